The maximum Gasteiger partial charge on any atom is 0.331 e. The zero-order chi connectivity index (χ0) is 26.0. The Morgan fingerprint density at radius 1 is 1.20 bits per heavy atom. The van der Waals surface area contributed by atoms with E-state index < -0.39 is 30.2 Å². The second-order valence-electron chi connectivity index (χ2n) is 9.62. The van der Waals surface area contributed by atoms with Gasteiger partial charge in [0.25, 0.3) is 0 Å². The molecule has 0 spiro atoms. The Hall–Kier alpha value is -2.58. The summed E-state index contributed by atoms with van der Waals surface area (Å²) in [5.41, 5.74) is 0.685. The summed E-state index contributed by atoms with van der Waals surface area (Å²) in [7, 11) is 1.55. The molecule has 1 fully saturated rings. The number of esters is 1. The van der Waals surface area contributed by atoms with Gasteiger partial charge in [-0.25, -0.2) is 4.79 Å². The van der Waals surface area contributed by atoms with E-state index in [9.17, 15) is 24.3 Å². The monoisotopic (exact) mass is 489 g/mol. The van der Waals surface area contributed by atoms with Crippen LogP contribution < -0.4 is 5.32 Å². The molecule has 8 heteroatoms. The van der Waals surface area contributed by atoms with E-state index in [1.807, 2.05) is 25.2 Å². The van der Waals surface area contributed by atoms with Gasteiger partial charge in [-0.15, -0.1) is 0 Å². The van der Waals surface area contributed by atoms with Crippen molar-refractivity contribution in [1.29, 1.82) is 0 Å². The predicted molar refractivity (Wildman–Crippen MR) is 131 cm³/mol. The van der Waals surface area contributed by atoms with Gasteiger partial charge in [-0.05, 0) is 44.1 Å². The molecule has 194 valence electrons. The van der Waals surface area contributed by atoms with Crippen LogP contribution in [0.15, 0.2) is 36.0 Å². The molecule has 0 aliphatic carbocycles. The molecule has 2 N–H and O–H groups in total. The molecule has 2 aliphatic rings. The fourth-order valence-electron chi connectivity index (χ4n) is 4.61. The third-order valence-electron chi connectivity index (χ3n) is 6.67. The molecule has 0 bridgehead atoms. The van der Waals surface area contributed by atoms with Gasteiger partial charge in [0.05, 0.1) is 12.0 Å². The molecule has 35 heavy (non-hydrogen) atoms. The highest BCUT2D eigenvalue weighted by Crippen LogP contribution is 2.25. The number of carbonyl (C=O) groups is 4. The Labute approximate surface area is 207 Å². The number of nitrogens with one attached hydrogen (secondary N) is 1. The minimum atomic E-state index is -0.803. The molecule has 0 aromatic heterocycles. The molecule has 2 aliphatic heterocycles. The van der Waals surface area contributed by atoms with Crippen LogP contribution in [0.25, 0.3) is 0 Å². The molecule has 2 rings (SSSR count). The van der Waals surface area contributed by atoms with Crippen LogP contribution in [-0.4, -0.2) is 54.1 Å². The van der Waals surface area contributed by atoms with Crippen molar-refractivity contribution in [2.75, 3.05) is 7.11 Å². The standard InChI is InChI=1S/C27H39NO7/c1-17-14-18(2)27(35-25(32)13-8-6-5-7-12-22(34-4)26(17)33)19(3)21(29)11-9-10-20-15-23(30)28-24(31)16-20/h7-8,12-14,17,19-20,22,26-27,33H,5-6,9-11,15-16H2,1-4H3,(H,28,30,31)/b12-7+,13-8-,18-14-/t17-,19-,22-,26+,27-/m0/s1. The molecule has 0 aromatic rings. The number of Topliss-reactive ketones (excluding diaryl/α,β-unsaturated/α-hetero) is 1. The number of aliphatic hydroxyl groups excluding tert-OH is 1. The van der Waals surface area contributed by atoms with E-state index in [0.29, 0.717) is 44.1 Å². The van der Waals surface area contributed by atoms with Crippen molar-refractivity contribution in [2.45, 2.75) is 84.0 Å². The van der Waals surface area contributed by atoms with Crippen molar-refractivity contribution >= 4 is 23.6 Å². The van der Waals surface area contributed by atoms with Crippen molar-refractivity contribution in [2.24, 2.45) is 17.8 Å². The Kier molecular flexibility index (Phi) is 11.5. The van der Waals surface area contributed by atoms with Crippen LogP contribution in [0.2, 0.25) is 0 Å². The zero-order valence-electron chi connectivity index (χ0n) is 21.2. The van der Waals surface area contributed by atoms with E-state index in [1.54, 1.807) is 27.0 Å². The van der Waals surface area contributed by atoms with Crippen molar-refractivity contribution in [3.05, 3.63) is 36.0 Å². The average molecular weight is 490 g/mol. The molecule has 0 aromatic carbocycles. The van der Waals surface area contributed by atoms with Gasteiger partial charge < -0.3 is 14.6 Å². The topological polar surface area (TPSA) is 119 Å². The van der Waals surface area contributed by atoms with Gasteiger partial charge in [-0.1, -0.05) is 38.2 Å². The van der Waals surface area contributed by atoms with Gasteiger partial charge in [0, 0.05) is 38.4 Å². The summed E-state index contributed by atoms with van der Waals surface area (Å²) in [5.74, 6) is -2.06. The number of piperidine rings is 1. The number of ether oxygens (including phenoxy) is 2. The molecule has 5 atom stereocenters. The lowest BCUT2D eigenvalue weighted by Gasteiger charge is -2.27. The summed E-state index contributed by atoms with van der Waals surface area (Å²) in [5, 5.41) is 13.1. The Morgan fingerprint density at radius 2 is 1.86 bits per heavy atom. The van der Waals surface area contributed by atoms with Crippen LogP contribution >= 0.6 is 0 Å². The summed E-state index contributed by atoms with van der Waals surface area (Å²) in [6.07, 6.45) is 9.96. The second-order valence-corrected chi connectivity index (χ2v) is 9.62. The second kappa shape index (κ2) is 14.1. The molecule has 0 saturated carbocycles. The number of rotatable bonds is 7. The highest BCUT2D eigenvalue weighted by atomic mass is 16.5. The lowest BCUT2D eigenvalue weighted by molar-refractivity contribution is -0.145. The van der Waals surface area contributed by atoms with Crippen molar-refractivity contribution in [3.63, 3.8) is 0 Å². The minimum absolute atomic E-state index is 0.0524. The number of hydrogen-bond donors (Lipinski definition) is 2. The number of imide groups is 1. The van der Waals surface area contributed by atoms with Crippen LogP contribution in [-0.2, 0) is 28.7 Å². The van der Waals surface area contributed by atoms with E-state index in [-0.39, 0.29) is 35.9 Å². The van der Waals surface area contributed by atoms with Crippen LogP contribution in [0.3, 0.4) is 0 Å². The third-order valence-corrected chi connectivity index (χ3v) is 6.67. The Morgan fingerprint density at radius 3 is 2.51 bits per heavy atom. The number of ketones is 1. The maximum atomic E-state index is 13.0. The number of amides is 2. The summed E-state index contributed by atoms with van der Waals surface area (Å²) >= 11 is 0. The van der Waals surface area contributed by atoms with E-state index in [4.69, 9.17) is 9.47 Å². The van der Waals surface area contributed by atoms with E-state index in [1.165, 1.54) is 6.08 Å². The summed E-state index contributed by atoms with van der Waals surface area (Å²) < 4.78 is 11.1. The number of carbonyl (C=O) groups excluding carboxylic acids is 4. The molecule has 8 nitrogen and oxygen atoms in total. The van der Waals surface area contributed by atoms with Gasteiger partial charge in [-0.3, -0.25) is 19.7 Å². The van der Waals surface area contributed by atoms with E-state index in [2.05, 4.69) is 5.32 Å². The highest BCUT2D eigenvalue weighted by Gasteiger charge is 2.31. The van der Waals surface area contributed by atoms with Gasteiger partial charge >= 0.3 is 5.97 Å². The first kappa shape index (κ1) is 28.7. The van der Waals surface area contributed by atoms with Crippen LogP contribution in [0.5, 0.6) is 0 Å². The number of allylic oxidation sites excluding steroid dienone is 2. The smallest absolute Gasteiger partial charge is 0.331 e. The fourth-order valence-corrected chi connectivity index (χ4v) is 4.61. The minimum Gasteiger partial charge on any atom is -0.454 e. The van der Waals surface area contributed by atoms with Crippen LogP contribution in [0.4, 0.5) is 0 Å². The fraction of sp³-hybridized carbons (Fsp3) is 0.630. The Balaban J connectivity index is 2.11. The van der Waals surface area contributed by atoms with E-state index >= 15 is 0 Å². The third kappa shape index (κ3) is 9.18. The molecule has 0 radical (unpaired) electrons. The van der Waals surface area contributed by atoms with Crippen molar-refractivity contribution in [3.8, 4) is 0 Å². The molecule has 2 amide bonds. The SMILES string of the molecule is CO[C@H]1/C=C/CC/C=C\C(=O)O[C@H]([C@@H](C)C(=O)CCCC2CC(=O)NC(=O)C2)/C(C)=C\[C@H](C)[C@H]1O. The van der Waals surface area contributed by atoms with Gasteiger partial charge in [-0.2, -0.15) is 0 Å². The number of aliphatic hydroxyl groups is 1. The average Bonchev–Trinajstić information content (AvgIpc) is 2.79. The maximum absolute atomic E-state index is 13.0. The number of hydrogen-bond acceptors (Lipinski definition) is 7. The first-order valence-electron chi connectivity index (χ1n) is 12.4. The van der Waals surface area contributed by atoms with Crippen molar-refractivity contribution < 1.29 is 33.8 Å². The summed E-state index contributed by atoms with van der Waals surface area (Å²) in [4.78, 5) is 48.6. The number of cyclic esters (lactones) is 1. The van der Waals surface area contributed by atoms with Crippen molar-refractivity contribution in [1.82, 2.24) is 5.32 Å². The summed E-state index contributed by atoms with van der Waals surface area (Å²) in [6.45, 7) is 5.39. The predicted octanol–water partition coefficient (Wildman–Crippen LogP) is 3.19. The normalized spacial score (nSPS) is 31.3. The molecule has 1 saturated heterocycles. The first-order valence-corrected chi connectivity index (χ1v) is 12.4. The number of methoxy groups -OCH3 is 1. The zero-order valence-corrected chi connectivity index (χ0v) is 21.2. The Bertz CT molecular complexity index is 844. The first-order chi connectivity index (χ1) is 16.6. The van der Waals surface area contributed by atoms with Crippen LogP contribution in [0.1, 0.15) is 65.7 Å². The quantitative estimate of drug-likeness (QED) is 0.320. The largest absolute Gasteiger partial charge is 0.454 e. The summed E-state index contributed by atoms with van der Waals surface area (Å²) in [6, 6.07) is 0. The molecular weight excluding hydrogens is 450 g/mol. The molecule has 2 heterocycles. The lowest BCUT2D eigenvalue weighted by Crippen LogP contribution is -2.38. The van der Waals surface area contributed by atoms with Gasteiger partial charge in [0.1, 0.15) is 18.0 Å². The molecule has 0 unspecified atom stereocenters. The van der Waals surface area contributed by atoms with Gasteiger partial charge in [0.2, 0.25) is 11.8 Å². The highest BCUT2D eigenvalue weighted by molar-refractivity contribution is 5.97. The van der Waals surface area contributed by atoms with Crippen LogP contribution in [0, 0.1) is 17.8 Å². The lowest BCUT2D eigenvalue weighted by atomic mass is 9.86. The van der Waals surface area contributed by atoms with E-state index in [0.717, 1.165) is 0 Å². The molecular formula is C27H39NO7. The van der Waals surface area contributed by atoms with Gasteiger partial charge in [0.15, 0.2) is 0 Å².